The molecule has 0 spiro atoms. The second-order valence-corrected chi connectivity index (χ2v) is 3.83. The number of nitrogens with one attached hydrogen (secondary N) is 1. The zero-order valence-corrected chi connectivity index (χ0v) is 9.26. The molecule has 0 bridgehead atoms. The van der Waals surface area contributed by atoms with E-state index in [2.05, 4.69) is 12.0 Å². The summed E-state index contributed by atoms with van der Waals surface area (Å²) in [6, 6.07) is 0. The molecule has 14 heavy (non-hydrogen) atoms. The van der Waals surface area contributed by atoms with Gasteiger partial charge in [-0.25, -0.2) is 0 Å². The predicted molar refractivity (Wildman–Crippen MR) is 57.5 cm³/mol. The molecule has 0 amide bonds. The van der Waals surface area contributed by atoms with Crippen LogP contribution in [0.25, 0.3) is 0 Å². The van der Waals surface area contributed by atoms with Crippen molar-refractivity contribution in [3.8, 4) is 0 Å². The number of rotatable bonds is 3. The van der Waals surface area contributed by atoms with E-state index in [0.717, 1.165) is 11.4 Å². The number of aryl methyl sites for hydroxylation is 1. The van der Waals surface area contributed by atoms with Gasteiger partial charge in [-0.1, -0.05) is 6.92 Å². The molecule has 1 atom stereocenters. The normalized spacial score (nSPS) is 12.9. The van der Waals surface area contributed by atoms with Crippen LogP contribution >= 0.6 is 0 Å². The molecule has 0 saturated heterocycles. The van der Waals surface area contributed by atoms with Crippen molar-refractivity contribution in [2.45, 2.75) is 34.2 Å². The molecule has 1 aromatic rings. The van der Waals surface area contributed by atoms with Gasteiger partial charge in [0.25, 0.3) is 0 Å². The SMILES string of the molecule is Cc1nn(CC(C)C(=N)N)c(C)c1C. The zero-order chi connectivity index (χ0) is 10.9. The highest BCUT2D eigenvalue weighted by Crippen LogP contribution is 2.12. The van der Waals surface area contributed by atoms with Crippen LogP contribution in [-0.2, 0) is 6.54 Å². The molecule has 78 valence electrons. The summed E-state index contributed by atoms with van der Waals surface area (Å²) in [6.45, 7) is 8.73. The van der Waals surface area contributed by atoms with Crippen LogP contribution in [0, 0.1) is 32.1 Å². The first-order valence-corrected chi connectivity index (χ1v) is 4.78. The quantitative estimate of drug-likeness (QED) is 0.564. The lowest BCUT2D eigenvalue weighted by Gasteiger charge is -2.10. The average molecular weight is 194 g/mol. The van der Waals surface area contributed by atoms with E-state index in [1.807, 2.05) is 25.5 Å². The Morgan fingerprint density at radius 1 is 1.50 bits per heavy atom. The van der Waals surface area contributed by atoms with Crippen molar-refractivity contribution in [1.82, 2.24) is 9.78 Å². The fraction of sp³-hybridized carbons (Fsp3) is 0.600. The lowest BCUT2D eigenvalue weighted by Crippen LogP contribution is -2.24. The minimum Gasteiger partial charge on any atom is -0.387 e. The molecule has 1 unspecified atom stereocenters. The fourth-order valence-corrected chi connectivity index (χ4v) is 1.32. The Bertz CT molecular complexity index is 351. The number of aromatic nitrogens is 2. The first kappa shape index (κ1) is 10.8. The maximum atomic E-state index is 7.32. The summed E-state index contributed by atoms with van der Waals surface area (Å²) in [5.74, 6) is 0.266. The van der Waals surface area contributed by atoms with E-state index in [4.69, 9.17) is 11.1 Å². The van der Waals surface area contributed by atoms with Gasteiger partial charge in [-0.05, 0) is 26.3 Å². The summed E-state index contributed by atoms with van der Waals surface area (Å²) in [6.07, 6.45) is 0. The molecule has 0 fully saturated rings. The smallest absolute Gasteiger partial charge is 0.0952 e. The van der Waals surface area contributed by atoms with Crippen molar-refractivity contribution < 1.29 is 0 Å². The highest BCUT2D eigenvalue weighted by Gasteiger charge is 2.11. The maximum Gasteiger partial charge on any atom is 0.0952 e. The number of hydrogen-bond acceptors (Lipinski definition) is 2. The third kappa shape index (κ3) is 1.95. The van der Waals surface area contributed by atoms with E-state index in [-0.39, 0.29) is 11.8 Å². The van der Waals surface area contributed by atoms with E-state index in [9.17, 15) is 0 Å². The summed E-state index contributed by atoms with van der Waals surface area (Å²) in [5.41, 5.74) is 8.86. The van der Waals surface area contributed by atoms with Crippen molar-refractivity contribution in [2.24, 2.45) is 11.7 Å². The molecule has 4 heteroatoms. The van der Waals surface area contributed by atoms with Crippen LogP contribution in [0.3, 0.4) is 0 Å². The van der Waals surface area contributed by atoms with Crippen molar-refractivity contribution in [2.75, 3.05) is 0 Å². The van der Waals surface area contributed by atoms with Crippen molar-refractivity contribution in [3.63, 3.8) is 0 Å². The van der Waals surface area contributed by atoms with Crippen LogP contribution in [0.15, 0.2) is 0 Å². The Morgan fingerprint density at radius 2 is 2.07 bits per heavy atom. The predicted octanol–water partition coefficient (Wildman–Crippen LogP) is 1.38. The lowest BCUT2D eigenvalue weighted by atomic mass is 10.1. The van der Waals surface area contributed by atoms with E-state index >= 15 is 0 Å². The van der Waals surface area contributed by atoms with Crippen molar-refractivity contribution >= 4 is 5.84 Å². The molecule has 1 rings (SSSR count). The molecular formula is C10H18N4. The van der Waals surface area contributed by atoms with Crippen LogP contribution in [0.2, 0.25) is 0 Å². The van der Waals surface area contributed by atoms with Crippen LogP contribution in [0.5, 0.6) is 0 Å². The van der Waals surface area contributed by atoms with Gasteiger partial charge in [0, 0.05) is 11.6 Å². The fourth-order valence-electron chi connectivity index (χ4n) is 1.32. The van der Waals surface area contributed by atoms with Gasteiger partial charge < -0.3 is 5.73 Å². The molecule has 0 aliphatic carbocycles. The number of nitrogens with two attached hydrogens (primary N) is 1. The number of hydrogen-bond donors (Lipinski definition) is 2. The molecule has 0 aromatic carbocycles. The first-order chi connectivity index (χ1) is 6.43. The summed E-state index contributed by atoms with van der Waals surface area (Å²) in [4.78, 5) is 0. The molecule has 0 radical (unpaired) electrons. The molecule has 4 nitrogen and oxygen atoms in total. The molecule has 1 aromatic heterocycles. The summed E-state index contributed by atoms with van der Waals surface area (Å²) in [5, 5.41) is 11.7. The molecule has 0 saturated carbocycles. The van der Waals surface area contributed by atoms with Crippen LogP contribution in [0.1, 0.15) is 23.9 Å². The highest BCUT2D eigenvalue weighted by atomic mass is 15.3. The van der Waals surface area contributed by atoms with E-state index in [1.165, 1.54) is 5.56 Å². The average Bonchev–Trinajstić information content (AvgIpc) is 2.33. The Kier molecular flexibility index (Phi) is 2.93. The van der Waals surface area contributed by atoms with E-state index in [0.29, 0.717) is 6.54 Å². The third-order valence-corrected chi connectivity index (χ3v) is 2.72. The van der Waals surface area contributed by atoms with Gasteiger partial charge in [0.1, 0.15) is 0 Å². The van der Waals surface area contributed by atoms with Gasteiger partial charge in [-0.2, -0.15) is 5.10 Å². The maximum absolute atomic E-state index is 7.32. The minimum atomic E-state index is 0.0485. The van der Waals surface area contributed by atoms with Gasteiger partial charge in [-0.15, -0.1) is 0 Å². The molecule has 0 aliphatic rings. The largest absolute Gasteiger partial charge is 0.387 e. The molecule has 0 aliphatic heterocycles. The van der Waals surface area contributed by atoms with Gasteiger partial charge in [-0.3, -0.25) is 10.1 Å². The number of nitrogens with zero attached hydrogens (tertiary/aromatic N) is 2. The van der Waals surface area contributed by atoms with Gasteiger partial charge >= 0.3 is 0 Å². The van der Waals surface area contributed by atoms with E-state index in [1.54, 1.807) is 0 Å². The molecular weight excluding hydrogens is 176 g/mol. The van der Waals surface area contributed by atoms with Gasteiger partial charge in [0.15, 0.2) is 0 Å². The second kappa shape index (κ2) is 3.82. The lowest BCUT2D eigenvalue weighted by molar-refractivity contribution is 0.523. The first-order valence-electron chi connectivity index (χ1n) is 4.78. The second-order valence-electron chi connectivity index (χ2n) is 3.83. The van der Waals surface area contributed by atoms with E-state index < -0.39 is 0 Å². The monoisotopic (exact) mass is 194 g/mol. The molecule has 3 N–H and O–H groups in total. The number of amidine groups is 1. The Morgan fingerprint density at radius 3 is 2.43 bits per heavy atom. The summed E-state index contributed by atoms with van der Waals surface area (Å²) in [7, 11) is 0. The molecule has 1 heterocycles. The third-order valence-electron chi connectivity index (χ3n) is 2.72. The Hall–Kier alpha value is -1.32. The van der Waals surface area contributed by atoms with Crippen LogP contribution in [0.4, 0.5) is 0 Å². The van der Waals surface area contributed by atoms with Crippen LogP contribution < -0.4 is 5.73 Å². The topological polar surface area (TPSA) is 67.7 Å². The summed E-state index contributed by atoms with van der Waals surface area (Å²) >= 11 is 0. The minimum absolute atomic E-state index is 0.0485. The Balaban J connectivity index is 2.87. The van der Waals surface area contributed by atoms with Crippen molar-refractivity contribution in [1.29, 1.82) is 5.41 Å². The van der Waals surface area contributed by atoms with Crippen molar-refractivity contribution in [3.05, 3.63) is 17.0 Å². The Labute approximate surface area is 84.6 Å². The standard InChI is InChI=1S/C10H18N4/c1-6(10(11)12)5-14-9(4)7(2)8(3)13-14/h6H,5H2,1-4H3,(H3,11,12). The van der Waals surface area contributed by atoms with Gasteiger partial charge in [0.05, 0.1) is 18.1 Å². The van der Waals surface area contributed by atoms with Gasteiger partial charge in [0.2, 0.25) is 0 Å². The zero-order valence-electron chi connectivity index (χ0n) is 9.26. The van der Waals surface area contributed by atoms with Crippen LogP contribution in [-0.4, -0.2) is 15.6 Å². The summed E-state index contributed by atoms with van der Waals surface area (Å²) < 4.78 is 1.93. The highest BCUT2D eigenvalue weighted by molar-refractivity contribution is 5.79.